The first-order valence-corrected chi connectivity index (χ1v) is 8.01. The zero-order valence-corrected chi connectivity index (χ0v) is 13.6. The van der Waals surface area contributed by atoms with Crippen molar-refractivity contribution in [2.45, 2.75) is 32.2 Å². The minimum absolute atomic E-state index is 0.160. The van der Waals surface area contributed by atoms with Crippen LogP contribution in [-0.2, 0) is 14.4 Å². The third kappa shape index (κ3) is 5.33. The molecular weight excluding hydrogens is 313 g/mol. The molecule has 0 spiro atoms. The van der Waals surface area contributed by atoms with E-state index < -0.39 is 5.91 Å². The number of nitrogens with one attached hydrogen (secondary N) is 3. The van der Waals surface area contributed by atoms with Gasteiger partial charge in [-0.15, -0.1) is 0 Å². The molecule has 1 fully saturated rings. The normalized spacial score (nSPS) is 15.1. The summed E-state index contributed by atoms with van der Waals surface area (Å²) in [7, 11) is 0. The molecule has 1 saturated carbocycles. The molecule has 0 aliphatic heterocycles. The van der Waals surface area contributed by atoms with E-state index in [4.69, 9.17) is 0 Å². The summed E-state index contributed by atoms with van der Waals surface area (Å²) in [5.41, 5.74) is 0.860. The summed E-state index contributed by atoms with van der Waals surface area (Å²) in [6.45, 7) is 0.987. The molecule has 1 aliphatic carbocycles. The van der Waals surface area contributed by atoms with Crippen LogP contribution < -0.4 is 16.0 Å². The molecule has 130 valence electrons. The van der Waals surface area contributed by atoms with Gasteiger partial charge in [-0.3, -0.25) is 14.4 Å². The first-order valence-electron chi connectivity index (χ1n) is 8.01. The van der Waals surface area contributed by atoms with Crippen LogP contribution in [0.2, 0.25) is 0 Å². The number of amides is 3. The fraction of sp³-hybridized carbons (Fsp3) is 0.471. The van der Waals surface area contributed by atoms with Crippen LogP contribution in [0, 0.1) is 11.7 Å². The molecule has 0 bridgehead atoms. The number of carbonyl (C=O) groups is 3. The van der Waals surface area contributed by atoms with Crippen LogP contribution in [0.3, 0.4) is 0 Å². The maximum absolute atomic E-state index is 13.1. The molecule has 3 N–H and O–H groups in total. The molecule has 0 saturated heterocycles. The molecule has 1 aromatic carbocycles. The van der Waals surface area contributed by atoms with Gasteiger partial charge in [0.25, 0.3) is 0 Å². The topological polar surface area (TPSA) is 87.3 Å². The van der Waals surface area contributed by atoms with E-state index in [9.17, 15) is 18.8 Å². The number of carbonyl (C=O) groups excluding carboxylic acids is 3. The number of halogens is 1. The smallest absolute Gasteiger partial charge is 0.239 e. The van der Waals surface area contributed by atoms with Crippen molar-refractivity contribution >= 4 is 17.7 Å². The van der Waals surface area contributed by atoms with E-state index in [1.807, 2.05) is 0 Å². The van der Waals surface area contributed by atoms with E-state index in [-0.39, 0.29) is 36.8 Å². The number of hydrogen-bond acceptors (Lipinski definition) is 3. The Morgan fingerprint density at radius 2 is 1.71 bits per heavy atom. The molecule has 24 heavy (non-hydrogen) atoms. The molecular formula is C17H22FN3O3. The summed E-state index contributed by atoms with van der Waals surface area (Å²) in [4.78, 5) is 34.3. The highest BCUT2D eigenvalue weighted by atomic mass is 19.1. The van der Waals surface area contributed by atoms with Gasteiger partial charge in [0.15, 0.2) is 0 Å². The summed E-state index contributed by atoms with van der Waals surface area (Å²) in [5.74, 6) is -1.04. The average Bonchev–Trinajstić information content (AvgIpc) is 2.49. The monoisotopic (exact) mass is 335 g/mol. The molecule has 1 unspecified atom stereocenters. The van der Waals surface area contributed by atoms with Crippen molar-refractivity contribution in [3.8, 4) is 0 Å². The van der Waals surface area contributed by atoms with E-state index in [2.05, 4.69) is 16.0 Å². The van der Waals surface area contributed by atoms with Gasteiger partial charge in [0.1, 0.15) is 5.82 Å². The zero-order valence-electron chi connectivity index (χ0n) is 13.6. The Kier molecular flexibility index (Phi) is 6.28. The average molecular weight is 335 g/mol. The van der Waals surface area contributed by atoms with Gasteiger partial charge in [-0.2, -0.15) is 0 Å². The van der Waals surface area contributed by atoms with Crippen LogP contribution in [0.25, 0.3) is 0 Å². The van der Waals surface area contributed by atoms with Crippen LogP contribution in [0.5, 0.6) is 0 Å². The standard InChI is InChI=1S/C17H22FN3O3/c1-11(22)19-9-15(23)20-10-16(24)21-17(12-3-2-4-12)13-5-7-14(18)8-6-13/h5-8,12,17H,2-4,9-10H2,1H3,(H,19,22)(H,20,23)(H,21,24). The van der Waals surface area contributed by atoms with Gasteiger partial charge in [0.2, 0.25) is 17.7 Å². The van der Waals surface area contributed by atoms with Gasteiger partial charge in [-0.1, -0.05) is 18.6 Å². The van der Waals surface area contributed by atoms with Crippen molar-refractivity contribution in [3.05, 3.63) is 35.6 Å². The lowest BCUT2D eigenvalue weighted by molar-refractivity contribution is -0.127. The lowest BCUT2D eigenvalue weighted by atomic mass is 9.77. The van der Waals surface area contributed by atoms with Crippen molar-refractivity contribution < 1.29 is 18.8 Å². The summed E-state index contributed by atoms with van der Waals surface area (Å²) in [6.07, 6.45) is 3.14. The Hall–Kier alpha value is -2.44. The molecule has 1 aliphatic rings. The fourth-order valence-corrected chi connectivity index (χ4v) is 2.59. The van der Waals surface area contributed by atoms with Gasteiger partial charge < -0.3 is 16.0 Å². The highest BCUT2D eigenvalue weighted by Crippen LogP contribution is 2.37. The maximum Gasteiger partial charge on any atom is 0.239 e. The minimum Gasteiger partial charge on any atom is -0.347 e. The Morgan fingerprint density at radius 1 is 1.08 bits per heavy atom. The van der Waals surface area contributed by atoms with Gasteiger partial charge in [-0.05, 0) is 36.5 Å². The maximum atomic E-state index is 13.1. The lowest BCUT2D eigenvalue weighted by Crippen LogP contribution is -2.44. The molecule has 0 radical (unpaired) electrons. The van der Waals surface area contributed by atoms with Crippen molar-refractivity contribution in [1.29, 1.82) is 0 Å². The zero-order chi connectivity index (χ0) is 17.5. The van der Waals surface area contributed by atoms with Crippen LogP contribution in [0.4, 0.5) is 4.39 Å². The molecule has 1 atom stereocenters. The Bertz CT molecular complexity index is 600. The van der Waals surface area contributed by atoms with Gasteiger partial charge in [0, 0.05) is 6.92 Å². The van der Waals surface area contributed by atoms with E-state index in [0.717, 1.165) is 24.8 Å². The van der Waals surface area contributed by atoms with Crippen molar-refractivity contribution in [3.63, 3.8) is 0 Å². The van der Waals surface area contributed by atoms with Crippen molar-refractivity contribution in [1.82, 2.24) is 16.0 Å². The summed E-state index contributed by atoms with van der Waals surface area (Å²) >= 11 is 0. The first kappa shape index (κ1) is 17.9. The predicted molar refractivity (Wildman–Crippen MR) is 86.3 cm³/mol. The largest absolute Gasteiger partial charge is 0.347 e. The lowest BCUT2D eigenvalue weighted by Gasteiger charge is -2.34. The quantitative estimate of drug-likeness (QED) is 0.696. The molecule has 7 heteroatoms. The molecule has 0 aromatic heterocycles. The predicted octanol–water partition coefficient (Wildman–Crippen LogP) is 1.04. The molecule has 2 rings (SSSR count). The Morgan fingerprint density at radius 3 is 2.25 bits per heavy atom. The minimum atomic E-state index is -0.428. The van der Waals surface area contributed by atoms with E-state index in [1.54, 1.807) is 12.1 Å². The van der Waals surface area contributed by atoms with E-state index in [0.29, 0.717) is 5.92 Å². The molecule has 3 amide bonds. The number of hydrogen-bond donors (Lipinski definition) is 3. The van der Waals surface area contributed by atoms with Gasteiger partial charge >= 0.3 is 0 Å². The van der Waals surface area contributed by atoms with Crippen LogP contribution in [-0.4, -0.2) is 30.8 Å². The van der Waals surface area contributed by atoms with Crippen LogP contribution >= 0.6 is 0 Å². The summed E-state index contributed by atoms with van der Waals surface area (Å²) in [5, 5.41) is 7.72. The molecule has 0 heterocycles. The van der Waals surface area contributed by atoms with E-state index >= 15 is 0 Å². The highest BCUT2D eigenvalue weighted by molar-refractivity contribution is 5.87. The van der Waals surface area contributed by atoms with Crippen LogP contribution in [0.1, 0.15) is 37.8 Å². The van der Waals surface area contributed by atoms with E-state index in [1.165, 1.54) is 19.1 Å². The second-order valence-electron chi connectivity index (χ2n) is 5.97. The first-order chi connectivity index (χ1) is 11.5. The Balaban J connectivity index is 1.87. The highest BCUT2D eigenvalue weighted by Gasteiger charge is 2.29. The third-order valence-electron chi connectivity index (χ3n) is 4.11. The van der Waals surface area contributed by atoms with Gasteiger partial charge in [0.05, 0.1) is 19.1 Å². The van der Waals surface area contributed by atoms with Crippen molar-refractivity contribution in [2.75, 3.05) is 13.1 Å². The second kappa shape index (κ2) is 8.42. The Labute approximate surface area is 140 Å². The molecule has 6 nitrogen and oxygen atoms in total. The van der Waals surface area contributed by atoms with Gasteiger partial charge in [-0.25, -0.2) is 4.39 Å². The second-order valence-corrected chi connectivity index (χ2v) is 5.97. The fourth-order valence-electron chi connectivity index (χ4n) is 2.59. The number of benzene rings is 1. The van der Waals surface area contributed by atoms with Crippen LogP contribution in [0.15, 0.2) is 24.3 Å². The summed E-state index contributed by atoms with van der Waals surface area (Å²) in [6, 6.07) is 5.92. The third-order valence-corrected chi connectivity index (χ3v) is 4.11. The molecule has 1 aromatic rings. The SMILES string of the molecule is CC(=O)NCC(=O)NCC(=O)NC(c1ccc(F)cc1)C1CCC1. The summed E-state index contributed by atoms with van der Waals surface area (Å²) < 4.78 is 13.1. The van der Waals surface area contributed by atoms with Crippen molar-refractivity contribution in [2.24, 2.45) is 5.92 Å². The number of rotatable bonds is 7.